The van der Waals surface area contributed by atoms with Gasteiger partial charge in [0.2, 0.25) is 0 Å². The standard InChI is InChI=1S/C23H34O9/c1-16(24)29-12-20-21(13-30-17(2)25)10-8-6-7-9-11-22(28-5,14-31-18(3)26)23(20,21)15-32-19(4)27/h7,9,20H,6,8,10-15H2,1-5H3/b9-7-/t20-,21+,22+,23-/m0/s1. The molecule has 0 N–H and O–H groups in total. The Labute approximate surface area is 188 Å². The Morgan fingerprint density at radius 3 is 1.94 bits per heavy atom. The monoisotopic (exact) mass is 454 g/mol. The Balaban J connectivity index is 2.66. The molecular weight excluding hydrogens is 420 g/mol. The third kappa shape index (κ3) is 4.98. The van der Waals surface area contributed by atoms with Crippen LogP contribution in [-0.4, -0.2) is 63.0 Å². The minimum absolute atomic E-state index is 0.0345. The van der Waals surface area contributed by atoms with Crippen LogP contribution in [0.25, 0.3) is 0 Å². The van der Waals surface area contributed by atoms with Crippen LogP contribution >= 0.6 is 0 Å². The summed E-state index contributed by atoms with van der Waals surface area (Å²) in [6, 6.07) is 0. The molecule has 4 atom stereocenters. The Morgan fingerprint density at radius 1 is 0.812 bits per heavy atom. The first kappa shape index (κ1) is 25.8. The largest absolute Gasteiger partial charge is 0.466 e. The van der Waals surface area contributed by atoms with Gasteiger partial charge in [0.05, 0.1) is 18.6 Å². The summed E-state index contributed by atoms with van der Waals surface area (Å²) in [5, 5.41) is 0. The summed E-state index contributed by atoms with van der Waals surface area (Å²) in [6.07, 6.45) is 6.56. The molecule has 0 bridgehead atoms. The molecule has 2 aliphatic carbocycles. The molecule has 0 aliphatic heterocycles. The summed E-state index contributed by atoms with van der Waals surface area (Å²) >= 11 is 0. The van der Waals surface area contributed by atoms with Gasteiger partial charge in [-0.3, -0.25) is 19.2 Å². The van der Waals surface area contributed by atoms with Crippen molar-refractivity contribution < 1.29 is 42.9 Å². The van der Waals surface area contributed by atoms with Gasteiger partial charge in [-0.05, 0) is 25.7 Å². The first-order valence-corrected chi connectivity index (χ1v) is 10.8. The van der Waals surface area contributed by atoms with Gasteiger partial charge in [-0.1, -0.05) is 12.2 Å². The van der Waals surface area contributed by atoms with E-state index in [-0.39, 0.29) is 32.3 Å². The lowest BCUT2D eigenvalue weighted by Crippen LogP contribution is -2.52. The molecule has 0 aromatic carbocycles. The third-order valence-electron chi connectivity index (χ3n) is 6.88. The van der Waals surface area contributed by atoms with E-state index in [9.17, 15) is 19.2 Å². The predicted octanol–water partition coefficient (Wildman–Crippen LogP) is 2.36. The molecule has 0 unspecified atom stereocenters. The number of methoxy groups -OCH3 is 1. The molecule has 9 heteroatoms. The SMILES string of the molecule is CO[C@@]1(COC(C)=O)C/C=C\CCC[C@@]2(COC(C)=O)[C@H](COC(C)=O)[C@]12COC(C)=O. The highest BCUT2D eigenvalue weighted by atomic mass is 16.6. The van der Waals surface area contributed by atoms with Crippen molar-refractivity contribution in [2.45, 2.75) is 59.0 Å². The highest BCUT2D eigenvalue weighted by molar-refractivity contribution is 5.67. The van der Waals surface area contributed by atoms with Gasteiger partial charge >= 0.3 is 23.9 Å². The smallest absolute Gasteiger partial charge is 0.302 e. The maximum atomic E-state index is 11.8. The van der Waals surface area contributed by atoms with Gasteiger partial charge in [0.1, 0.15) is 18.8 Å². The number of rotatable bonds is 9. The number of hydrogen-bond acceptors (Lipinski definition) is 9. The van der Waals surface area contributed by atoms with Crippen LogP contribution in [0.15, 0.2) is 12.2 Å². The molecule has 2 aliphatic rings. The molecule has 1 fully saturated rings. The summed E-state index contributed by atoms with van der Waals surface area (Å²) in [4.78, 5) is 47.0. The van der Waals surface area contributed by atoms with E-state index in [0.717, 1.165) is 12.8 Å². The van der Waals surface area contributed by atoms with Crippen LogP contribution in [0.3, 0.4) is 0 Å². The lowest BCUT2D eigenvalue weighted by molar-refractivity contribution is -0.178. The molecule has 0 radical (unpaired) electrons. The van der Waals surface area contributed by atoms with Gasteiger partial charge in [0, 0.05) is 46.1 Å². The lowest BCUT2D eigenvalue weighted by Gasteiger charge is -2.42. The Hall–Kier alpha value is -2.42. The number of carbonyl (C=O) groups is 4. The molecule has 0 aromatic heterocycles. The predicted molar refractivity (Wildman–Crippen MR) is 112 cm³/mol. The number of esters is 4. The maximum absolute atomic E-state index is 11.8. The lowest BCUT2D eigenvalue weighted by atomic mass is 9.74. The molecular formula is C23H34O9. The van der Waals surface area contributed by atoms with E-state index in [2.05, 4.69) is 0 Å². The van der Waals surface area contributed by atoms with Gasteiger partial charge in [-0.25, -0.2) is 0 Å². The van der Waals surface area contributed by atoms with Crippen molar-refractivity contribution in [3.05, 3.63) is 12.2 Å². The molecule has 32 heavy (non-hydrogen) atoms. The van der Waals surface area contributed by atoms with Gasteiger partial charge in [0.25, 0.3) is 0 Å². The van der Waals surface area contributed by atoms with E-state index in [0.29, 0.717) is 12.8 Å². The second-order valence-electron chi connectivity index (χ2n) is 8.59. The number of carbonyl (C=O) groups excluding carboxylic acids is 4. The van der Waals surface area contributed by atoms with E-state index >= 15 is 0 Å². The van der Waals surface area contributed by atoms with Crippen LogP contribution in [0.2, 0.25) is 0 Å². The molecule has 0 heterocycles. The van der Waals surface area contributed by atoms with Crippen molar-refractivity contribution in [3.8, 4) is 0 Å². The highest BCUT2D eigenvalue weighted by Gasteiger charge is 2.84. The van der Waals surface area contributed by atoms with Gasteiger partial charge < -0.3 is 23.7 Å². The van der Waals surface area contributed by atoms with Crippen molar-refractivity contribution >= 4 is 23.9 Å². The number of fused-ring (bicyclic) bond motifs is 1. The van der Waals surface area contributed by atoms with Crippen molar-refractivity contribution in [3.63, 3.8) is 0 Å². The molecule has 2 rings (SSSR count). The zero-order valence-corrected chi connectivity index (χ0v) is 19.6. The fourth-order valence-corrected chi connectivity index (χ4v) is 5.40. The van der Waals surface area contributed by atoms with Gasteiger partial charge in [-0.15, -0.1) is 0 Å². The minimum Gasteiger partial charge on any atom is -0.466 e. The zero-order valence-electron chi connectivity index (χ0n) is 19.6. The van der Waals surface area contributed by atoms with E-state index in [1.54, 1.807) is 0 Å². The van der Waals surface area contributed by atoms with E-state index in [4.69, 9.17) is 23.7 Å². The van der Waals surface area contributed by atoms with E-state index in [1.807, 2.05) is 12.2 Å². The van der Waals surface area contributed by atoms with Crippen molar-refractivity contribution in [2.24, 2.45) is 16.7 Å². The number of ether oxygens (including phenoxy) is 5. The van der Waals surface area contributed by atoms with Crippen LogP contribution in [0, 0.1) is 16.7 Å². The highest BCUT2D eigenvalue weighted by Crippen LogP contribution is 2.77. The Morgan fingerprint density at radius 2 is 1.38 bits per heavy atom. The van der Waals surface area contributed by atoms with Crippen molar-refractivity contribution in [2.75, 3.05) is 33.5 Å². The number of allylic oxidation sites excluding steroid dienone is 1. The zero-order chi connectivity index (χ0) is 24.0. The summed E-state index contributed by atoms with van der Waals surface area (Å²) in [6.45, 7) is 5.19. The Kier molecular flexibility index (Phi) is 8.45. The van der Waals surface area contributed by atoms with Crippen LogP contribution in [0.1, 0.15) is 53.4 Å². The topological polar surface area (TPSA) is 114 Å². The van der Waals surface area contributed by atoms with Gasteiger partial charge in [-0.2, -0.15) is 0 Å². The van der Waals surface area contributed by atoms with Crippen LogP contribution < -0.4 is 0 Å². The fourth-order valence-electron chi connectivity index (χ4n) is 5.40. The molecule has 1 saturated carbocycles. The molecule has 0 saturated heterocycles. The average molecular weight is 455 g/mol. The van der Waals surface area contributed by atoms with Crippen molar-refractivity contribution in [1.29, 1.82) is 0 Å². The van der Waals surface area contributed by atoms with Crippen LogP contribution in [-0.2, 0) is 42.9 Å². The molecule has 0 aromatic rings. The summed E-state index contributed by atoms with van der Waals surface area (Å²) < 4.78 is 27.9. The number of hydrogen-bond donors (Lipinski definition) is 0. The second-order valence-corrected chi connectivity index (χ2v) is 8.59. The third-order valence-corrected chi connectivity index (χ3v) is 6.88. The minimum atomic E-state index is -1.10. The summed E-state index contributed by atoms with van der Waals surface area (Å²) in [5.41, 5.74) is -2.72. The molecule has 9 nitrogen and oxygen atoms in total. The summed E-state index contributed by atoms with van der Waals surface area (Å²) in [7, 11) is 1.52. The van der Waals surface area contributed by atoms with Crippen LogP contribution in [0.5, 0.6) is 0 Å². The van der Waals surface area contributed by atoms with E-state index in [1.165, 1.54) is 34.8 Å². The fraction of sp³-hybridized carbons (Fsp3) is 0.739. The summed E-state index contributed by atoms with van der Waals surface area (Å²) in [5.74, 6) is -2.20. The molecule has 0 amide bonds. The second kappa shape index (κ2) is 10.5. The first-order valence-electron chi connectivity index (χ1n) is 10.8. The first-order chi connectivity index (χ1) is 15.1. The quantitative estimate of drug-likeness (QED) is 0.294. The molecule has 180 valence electrons. The normalized spacial score (nSPS) is 32.2. The Bertz CT molecular complexity index is 761. The van der Waals surface area contributed by atoms with E-state index < -0.39 is 40.3 Å². The average Bonchev–Trinajstić information content (AvgIpc) is 3.27. The molecule has 0 spiro atoms. The maximum Gasteiger partial charge on any atom is 0.302 e. The van der Waals surface area contributed by atoms with Gasteiger partial charge in [0.15, 0.2) is 0 Å². The van der Waals surface area contributed by atoms with Crippen molar-refractivity contribution in [1.82, 2.24) is 0 Å². The van der Waals surface area contributed by atoms with Crippen LogP contribution in [0.4, 0.5) is 0 Å².